The molecule has 5 heteroatoms. The maximum absolute atomic E-state index is 11.7. The predicted octanol–water partition coefficient (Wildman–Crippen LogP) is 2.90. The number of nitrogens with zero attached hydrogens (tertiary/aromatic N) is 2. The van der Waals surface area contributed by atoms with Gasteiger partial charge in [-0.3, -0.25) is 4.79 Å². The summed E-state index contributed by atoms with van der Waals surface area (Å²) in [6.07, 6.45) is 0. The molecule has 1 aromatic carbocycles. The third-order valence-electron chi connectivity index (χ3n) is 2.98. The molecule has 0 amide bonds. The second-order valence-electron chi connectivity index (χ2n) is 4.13. The van der Waals surface area contributed by atoms with Crippen LogP contribution in [0.1, 0.15) is 18.4 Å². The van der Waals surface area contributed by atoms with Crippen molar-refractivity contribution in [2.75, 3.05) is 7.11 Å². The molecule has 0 radical (unpaired) electrons. The highest BCUT2D eigenvalue weighted by atomic mass is 35.5. The van der Waals surface area contributed by atoms with Gasteiger partial charge in [0.05, 0.1) is 25.2 Å². The minimum absolute atomic E-state index is 0.458. The number of hydrogen-bond acceptors (Lipinski definition) is 4. The number of methoxy groups -OCH3 is 1. The van der Waals surface area contributed by atoms with Crippen LogP contribution >= 0.6 is 11.6 Å². The Hall–Kier alpha value is -2.04. The van der Waals surface area contributed by atoms with Crippen LogP contribution in [-0.2, 0) is 9.53 Å². The van der Waals surface area contributed by atoms with Crippen LogP contribution in [0.3, 0.4) is 0 Å². The van der Waals surface area contributed by atoms with Crippen LogP contribution in [0, 0.1) is 34.5 Å². The molecule has 0 N–H and O–H groups in total. The molecule has 0 aromatic heterocycles. The topological polar surface area (TPSA) is 73.9 Å². The zero-order chi connectivity index (χ0) is 14.4. The Balaban J connectivity index is 3.24. The van der Waals surface area contributed by atoms with E-state index >= 15 is 0 Å². The summed E-state index contributed by atoms with van der Waals surface area (Å²) in [7, 11) is 1.28. The van der Waals surface area contributed by atoms with Crippen molar-refractivity contribution < 1.29 is 9.53 Å². The first kappa shape index (κ1) is 15.0. The van der Waals surface area contributed by atoms with Crippen LogP contribution in [0.2, 0.25) is 5.02 Å². The van der Waals surface area contributed by atoms with Gasteiger partial charge < -0.3 is 4.74 Å². The van der Waals surface area contributed by atoms with Gasteiger partial charge in [-0.25, -0.2) is 0 Å². The maximum atomic E-state index is 11.7. The van der Waals surface area contributed by atoms with Crippen molar-refractivity contribution in [3.05, 3.63) is 34.9 Å². The SMILES string of the molecule is COC(=O)C(C)C(c1cccc(Cl)c1)C(C#N)C#N. The Morgan fingerprint density at radius 2 is 2.00 bits per heavy atom. The molecule has 2 unspecified atom stereocenters. The fourth-order valence-electron chi connectivity index (χ4n) is 2.01. The second kappa shape index (κ2) is 6.78. The van der Waals surface area contributed by atoms with Crippen LogP contribution < -0.4 is 0 Å². The predicted molar refractivity (Wildman–Crippen MR) is 70.1 cm³/mol. The number of rotatable bonds is 4. The van der Waals surface area contributed by atoms with Gasteiger partial charge in [0.2, 0.25) is 0 Å². The van der Waals surface area contributed by atoms with Crippen molar-refractivity contribution in [1.82, 2.24) is 0 Å². The molecule has 98 valence electrons. The average molecular weight is 277 g/mol. The monoisotopic (exact) mass is 276 g/mol. The molecule has 2 atom stereocenters. The van der Waals surface area contributed by atoms with Gasteiger partial charge in [0.25, 0.3) is 0 Å². The van der Waals surface area contributed by atoms with Gasteiger partial charge >= 0.3 is 5.97 Å². The molecule has 0 heterocycles. The van der Waals surface area contributed by atoms with E-state index in [1.807, 2.05) is 12.1 Å². The first-order valence-electron chi connectivity index (χ1n) is 5.67. The Kier molecular flexibility index (Phi) is 5.36. The van der Waals surface area contributed by atoms with Gasteiger partial charge in [-0.05, 0) is 17.7 Å². The Morgan fingerprint density at radius 3 is 2.47 bits per heavy atom. The molecule has 4 nitrogen and oxygen atoms in total. The lowest BCUT2D eigenvalue weighted by Crippen LogP contribution is -2.25. The van der Waals surface area contributed by atoms with Gasteiger partial charge in [0, 0.05) is 10.9 Å². The summed E-state index contributed by atoms with van der Waals surface area (Å²) >= 11 is 5.92. The quantitative estimate of drug-likeness (QED) is 0.793. The van der Waals surface area contributed by atoms with Gasteiger partial charge in [-0.1, -0.05) is 30.7 Å². The summed E-state index contributed by atoms with van der Waals surface area (Å²) in [6, 6.07) is 10.7. The smallest absolute Gasteiger partial charge is 0.309 e. The summed E-state index contributed by atoms with van der Waals surface area (Å²) in [4.78, 5) is 11.7. The molecule has 1 rings (SSSR count). The largest absolute Gasteiger partial charge is 0.469 e. The van der Waals surface area contributed by atoms with Gasteiger partial charge in [-0.2, -0.15) is 10.5 Å². The summed E-state index contributed by atoms with van der Waals surface area (Å²) < 4.78 is 4.69. The van der Waals surface area contributed by atoms with E-state index in [9.17, 15) is 4.79 Å². The molecule has 0 bridgehead atoms. The van der Waals surface area contributed by atoms with Crippen LogP contribution in [0.15, 0.2) is 24.3 Å². The van der Waals surface area contributed by atoms with Crippen LogP contribution in [0.25, 0.3) is 0 Å². The van der Waals surface area contributed by atoms with Crippen molar-refractivity contribution in [3.63, 3.8) is 0 Å². The zero-order valence-corrected chi connectivity index (χ0v) is 11.4. The average Bonchev–Trinajstić information content (AvgIpc) is 2.42. The molecule has 0 aliphatic carbocycles. The van der Waals surface area contributed by atoms with Crippen LogP contribution in [0.5, 0.6) is 0 Å². The van der Waals surface area contributed by atoms with Crippen LogP contribution in [-0.4, -0.2) is 13.1 Å². The van der Waals surface area contributed by atoms with Gasteiger partial charge in [0.15, 0.2) is 0 Å². The number of carbonyl (C=O) groups excluding carboxylic acids is 1. The Labute approximate surface area is 117 Å². The van der Waals surface area contributed by atoms with E-state index in [4.69, 9.17) is 26.9 Å². The standard InChI is InChI=1S/C14H13ClN2O2/c1-9(14(18)19-2)13(11(7-16)8-17)10-4-3-5-12(15)6-10/h3-6,9,11,13H,1-2H3. The number of ether oxygens (including phenoxy) is 1. The molecule has 19 heavy (non-hydrogen) atoms. The van der Waals surface area contributed by atoms with Crippen molar-refractivity contribution in [3.8, 4) is 12.1 Å². The first-order chi connectivity index (χ1) is 9.04. The minimum atomic E-state index is -0.937. The number of carbonyl (C=O) groups is 1. The lowest BCUT2D eigenvalue weighted by Gasteiger charge is -2.23. The van der Waals surface area contributed by atoms with E-state index in [2.05, 4.69) is 0 Å². The molecule has 0 saturated heterocycles. The number of nitriles is 2. The van der Waals surface area contributed by atoms with E-state index in [1.165, 1.54) is 7.11 Å². The second-order valence-corrected chi connectivity index (χ2v) is 4.56. The Bertz CT molecular complexity index is 531. The van der Waals surface area contributed by atoms with Crippen molar-refractivity contribution in [2.24, 2.45) is 11.8 Å². The molecule has 0 aliphatic heterocycles. The first-order valence-corrected chi connectivity index (χ1v) is 6.05. The van der Waals surface area contributed by atoms with Crippen molar-refractivity contribution >= 4 is 17.6 Å². The van der Waals surface area contributed by atoms with Gasteiger partial charge in [0.1, 0.15) is 5.92 Å². The Morgan fingerprint density at radius 1 is 1.37 bits per heavy atom. The van der Waals surface area contributed by atoms with Gasteiger partial charge in [-0.15, -0.1) is 0 Å². The maximum Gasteiger partial charge on any atom is 0.309 e. The minimum Gasteiger partial charge on any atom is -0.469 e. The lowest BCUT2D eigenvalue weighted by molar-refractivity contribution is -0.145. The van der Waals surface area contributed by atoms with E-state index < -0.39 is 23.7 Å². The summed E-state index contributed by atoms with van der Waals surface area (Å²) in [5.41, 5.74) is 0.679. The summed E-state index contributed by atoms with van der Waals surface area (Å²) in [6.45, 7) is 1.64. The zero-order valence-electron chi connectivity index (χ0n) is 10.6. The normalized spacial score (nSPS) is 13.2. The molecule has 1 aromatic rings. The number of benzene rings is 1. The molecular formula is C14H13ClN2O2. The van der Waals surface area contributed by atoms with E-state index in [0.717, 1.165) is 0 Å². The van der Waals surface area contributed by atoms with E-state index in [-0.39, 0.29) is 0 Å². The summed E-state index contributed by atoms with van der Waals surface area (Å²) in [5.74, 6) is -2.57. The molecule has 0 spiro atoms. The number of halogens is 1. The lowest BCUT2D eigenvalue weighted by atomic mass is 9.78. The van der Waals surface area contributed by atoms with Crippen molar-refractivity contribution in [1.29, 1.82) is 10.5 Å². The molecule has 0 saturated carbocycles. The highest BCUT2D eigenvalue weighted by molar-refractivity contribution is 6.30. The third-order valence-corrected chi connectivity index (χ3v) is 3.22. The fourth-order valence-corrected chi connectivity index (χ4v) is 2.20. The number of esters is 1. The highest BCUT2D eigenvalue weighted by Gasteiger charge is 2.33. The number of hydrogen-bond donors (Lipinski definition) is 0. The van der Waals surface area contributed by atoms with Crippen molar-refractivity contribution in [2.45, 2.75) is 12.8 Å². The summed E-state index contributed by atoms with van der Waals surface area (Å²) in [5, 5.41) is 18.6. The molecule has 0 aliphatic rings. The van der Waals surface area contributed by atoms with E-state index in [1.54, 1.807) is 31.2 Å². The highest BCUT2D eigenvalue weighted by Crippen LogP contribution is 2.33. The van der Waals surface area contributed by atoms with E-state index in [0.29, 0.717) is 10.6 Å². The fraction of sp³-hybridized carbons (Fsp3) is 0.357. The van der Waals surface area contributed by atoms with Crippen LogP contribution in [0.4, 0.5) is 0 Å². The third kappa shape index (κ3) is 3.47. The molecular weight excluding hydrogens is 264 g/mol. The molecule has 0 fully saturated rings.